The van der Waals surface area contributed by atoms with Crippen molar-refractivity contribution in [2.45, 2.75) is 6.17 Å². The topological polar surface area (TPSA) is 49.3 Å². The first-order valence-corrected chi connectivity index (χ1v) is 1.52. The monoisotopic (exact) mass is 74.0 g/mol. The smallest absolute Gasteiger partial charge is 0.0969 e. The first kappa shape index (κ1) is 3.08. The molecule has 0 spiro atoms. The van der Waals surface area contributed by atoms with Gasteiger partial charge < -0.3 is 10.9 Å². The fraction of sp³-hybridized carbons (Fsp3) is 1.00. The van der Waals surface area contributed by atoms with Gasteiger partial charge in [0.2, 0.25) is 0 Å². The van der Waals surface area contributed by atoms with Crippen LogP contribution in [0.15, 0.2) is 0 Å². The molecule has 2 atom stereocenters. The first-order chi connectivity index (χ1) is 2.30. The van der Waals surface area contributed by atoms with Crippen molar-refractivity contribution in [1.29, 1.82) is 0 Å². The Bertz CT molecular complexity index is 40.9. The van der Waals surface area contributed by atoms with E-state index >= 15 is 0 Å². The van der Waals surface area contributed by atoms with Crippen molar-refractivity contribution in [3.8, 4) is 0 Å². The van der Waals surface area contributed by atoms with Gasteiger partial charge in [0.05, 0.1) is 12.7 Å². The van der Waals surface area contributed by atoms with Gasteiger partial charge in [-0.2, -0.15) is 5.06 Å². The molecule has 1 heterocycles. The zero-order valence-electron chi connectivity index (χ0n) is 2.76. The molecule has 3 nitrogen and oxygen atoms in total. The Kier molecular flexibility index (Phi) is 0.419. The molecule has 1 fully saturated rings. The summed E-state index contributed by atoms with van der Waals surface area (Å²) < 4.78 is 0. The van der Waals surface area contributed by atoms with Gasteiger partial charge in [0, 0.05) is 0 Å². The Labute approximate surface area is 29.9 Å². The van der Waals surface area contributed by atoms with Crippen molar-refractivity contribution in [3.63, 3.8) is 0 Å². The van der Waals surface area contributed by atoms with Crippen molar-refractivity contribution in [3.05, 3.63) is 0 Å². The second kappa shape index (κ2) is 0.680. The molecule has 0 radical (unpaired) electrons. The van der Waals surface area contributed by atoms with Gasteiger partial charge in [-0.25, -0.2) is 0 Å². The lowest BCUT2D eigenvalue weighted by molar-refractivity contribution is 0.0195. The molecule has 0 bridgehead atoms. The quantitative estimate of drug-likeness (QED) is 0.361. The number of nitrogens with two attached hydrogens (primary N) is 1. The van der Waals surface area contributed by atoms with E-state index in [-0.39, 0.29) is 6.17 Å². The maximum atomic E-state index is 8.14. The van der Waals surface area contributed by atoms with Gasteiger partial charge in [-0.05, 0) is 0 Å². The molecule has 3 N–H and O–H groups in total. The molecule has 0 amide bonds. The normalized spacial score (nSPS) is 49.2. The SMILES string of the molecule is NC1CN1O. The van der Waals surface area contributed by atoms with E-state index in [9.17, 15) is 0 Å². The Hall–Kier alpha value is -0.120. The van der Waals surface area contributed by atoms with Gasteiger partial charge >= 0.3 is 0 Å². The van der Waals surface area contributed by atoms with Crippen LogP contribution < -0.4 is 5.73 Å². The van der Waals surface area contributed by atoms with E-state index in [4.69, 9.17) is 10.9 Å². The van der Waals surface area contributed by atoms with Gasteiger partial charge in [-0.3, -0.25) is 0 Å². The van der Waals surface area contributed by atoms with Gasteiger partial charge in [0.25, 0.3) is 0 Å². The summed E-state index contributed by atoms with van der Waals surface area (Å²) in [6.07, 6.45) is -0.0602. The maximum absolute atomic E-state index is 8.14. The van der Waals surface area contributed by atoms with E-state index in [0.29, 0.717) is 6.54 Å². The van der Waals surface area contributed by atoms with Crippen LogP contribution in [0.4, 0.5) is 0 Å². The Morgan fingerprint density at radius 3 is 2.20 bits per heavy atom. The van der Waals surface area contributed by atoms with Gasteiger partial charge in [0.15, 0.2) is 0 Å². The Morgan fingerprint density at radius 2 is 2.20 bits per heavy atom. The lowest BCUT2D eigenvalue weighted by Gasteiger charge is -1.75. The molecule has 5 heavy (non-hydrogen) atoms. The summed E-state index contributed by atoms with van der Waals surface area (Å²) in [5.41, 5.74) is 5.04. The Balaban J connectivity index is 2.20. The fourth-order valence-electron chi connectivity index (χ4n) is 0.145. The van der Waals surface area contributed by atoms with Crippen molar-refractivity contribution >= 4 is 0 Å². The van der Waals surface area contributed by atoms with Crippen LogP contribution in [0.1, 0.15) is 0 Å². The van der Waals surface area contributed by atoms with Crippen LogP contribution in [0.25, 0.3) is 0 Å². The summed E-state index contributed by atoms with van der Waals surface area (Å²) in [7, 11) is 0. The van der Waals surface area contributed by atoms with Gasteiger partial charge in [0.1, 0.15) is 0 Å². The highest BCUT2D eigenvalue weighted by Crippen LogP contribution is 2.02. The molecule has 1 aliphatic heterocycles. The molecular formula is C2H6N2O. The molecule has 0 aromatic carbocycles. The minimum atomic E-state index is -0.0602. The van der Waals surface area contributed by atoms with Crippen LogP contribution in [-0.2, 0) is 0 Å². The summed E-state index contributed by atoms with van der Waals surface area (Å²) in [6, 6.07) is 0. The molecule has 0 aliphatic carbocycles. The third-order valence-corrected chi connectivity index (χ3v) is 0.623. The molecular weight excluding hydrogens is 68.0 g/mol. The average molecular weight is 74.1 g/mol. The number of hydrogen-bond acceptors (Lipinski definition) is 3. The first-order valence-electron chi connectivity index (χ1n) is 1.52. The van der Waals surface area contributed by atoms with Crippen LogP contribution in [0.2, 0.25) is 0 Å². The molecule has 1 saturated heterocycles. The van der Waals surface area contributed by atoms with Gasteiger partial charge in [-0.15, -0.1) is 0 Å². The third kappa shape index (κ3) is 0.397. The lowest BCUT2D eigenvalue weighted by Crippen LogP contribution is -2.05. The summed E-state index contributed by atoms with van der Waals surface area (Å²) in [4.78, 5) is 0. The predicted molar refractivity (Wildman–Crippen MR) is 16.5 cm³/mol. The highest BCUT2D eigenvalue weighted by Gasteiger charge is 2.26. The van der Waals surface area contributed by atoms with Crippen LogP contribution in [0, 0.1) is 0 Å². The minimum Gasteiger partial charge on any atom is -0.313 e. The third-order valence-electron chi connectivity index (χ3n) is 0.623. The van der Waals surface area contributed by atoms with Gasteiger partial charge in [-0.1, -0.05) is 0 Å². The summed E-state index contributed by atoms with van der Waals surface area (Å²) >= 11 is 0. The van der Waals surface area contributed by atoms with E-state index in [1.165, 1.54) is 0 Å². The van der Waals surface area contributed by atoms with Crippen molar-refractivity contribution in [2.75, 3.05) is 6.54 Å². The number of nitrogens with zero attached hydrogens (tertiary/aromatic N) is 1. The largest absolute Gasteiger partial charge is 0.313 e. The number of rotatable bonds is 0. The molecule has 2 unspecified atom stereocenters. The Morgan fingerprint density at radius 1 is 2.00 bits per heavy atom. The van der Waals surface area contributed by atoms with E-state index in [0.717, 1.165) is 5.06 Å². The standard InChI is InChI=1S/C2H6N2O/c3-2-1-4(2)5/h2,5H,1,3H2. The molecule has 1 aliphatic rings. The highest BCUT2D eigenvalue weighted by atomic mass is 16.5. The van der Waals surface area contributed by atoms with Crippen molar-refractivity contribution < 1.29 is 5.21 Å². The molecule has 1 rings (SSSR count). The second-order valence-corrected chi connectivity index (χ2v) is 1.19. The molecule has 0 saturated carbocycles. The van der Waals surface area contributed by atoms with Crippen molar-refractivity contribution in [1.82, 2.24) is 5.06 Å². The van der Waals surface area contributed by atoms with Crippen LogP contribution >= 0.6 is 0 Å². The molecule has 3 heteroatoms. The van der Waals surface area contributed by atoms with E-state index in [1.54, 1.807) is 0 Å². The predicted octanol–water partition coefficient (Wildman–Crippen LogP) is -1.02. The van der Waals surface area contributed by atoms with E-state index in [2.05, 4.69) is 0 Å². The van der Waals surface area contributed by atoms with Crippen LogP contribution in [0.5, 0.6) is 0 Å². The summed E-state index contributed by atoms with van der Waals surface area (Å²) in [5, 5.41) is 9.21. The van der Waals surface area contributed by atoms with Crippen LogP contribution in [0.3, 0.4) is 0 Å². The second-order valence-electron chi connectivity index (χ2n) is 1.19. The van der Waals surface area contributed by atoms with E-state index < -0.39 is 0 Å². The average Bonchev–Trinajstić information content (AvgIpc) is 1.79. The summed E-state index contributed by atoms with van der Waals surface area (Å²) in [5.74, 6) is 0. The fourth-order valence-corrected chi connectivity index (χ4v) is 0.145. The highest BCUT2D eigenvalue weighted by molar-refractivity contribution is 4.72. The van der Waals surface area contributed by atoms with Crippen LogP contribution in [-0.4, -0.2) is 23.0 Å². The van der Waals surface area contributed by atoms with Crippen molar-refractivity contribution in [2.24, 2.45) is 5.73 Å². The maximum Gasteiger partial charge on any atom is 0.0969 e. The molecule has 0 aromatic heterocycles. The minimum absolute atomic E-state index is 0.0602. The van der Waals surface area contributed by atoms with E-state index in [1.807, 2.05) is 0 Å². The number of hydrogen-bond donors (Lipinski definition) is 2. The zero-order chi connectivity index (χ0) is 3.86. The lowest BCUT2D eigenvalue weighted by atomic mass is 10.8. The molecule has 0 aromatic rings. The summed E-state index contributed by atoms with van der Waals surface area (Å²) in [6.45, 7) is 0.639. The molecule has 30 valence electrons. The zero-order valence-corrected chi connectivity index (χ0v) is 2.76. The number of hydroxylamine groups is 2.